The monoisotopic (exact) mass is 373 g/mol. The molecule has 1 nitrogen and oxygen atoms in total. The number of hydrogen-bond acceptors (Lipinski definition) is 1. The highest BCUT2D eigenvalue weighted by Gasteiger charge is 2.20. The van der Waals surface area contributed by atoms with Gasteiger partial charge in [0, 0.05) is 17.9 Å². The smallest absolute Gasteiger partial charge is 0.0488 e. The summed E-state index contributed by atoms with van der Waals surface area (Å²) in [7, 11) is -0.138. The molecule has 0 aliphatic heterocycles. The van der Waals surface area contributed by atoms with Gasteiger partial charge in [0.25, 0.3) is 0 Å². The molecule has 0 spiro atoms. The van der Waals surface area contributed by atoms with Crippen LogP contribution in [0, 0.1) is 0 Å². The van der Waals surface area contributed by atoms with Crippen LogP contribution in [0.5, 0.6) is 0 Å². The molecule has 0 heterocycles. The number of hydrogen-bond donors (Lipinski definition) is 0. The molecule has 2 rings (SSSR count). The third kappa shape index (κ3) is 4.64. The molecule has 0 unspecified atom stereocenters. The second-order valence-electron chi connectivity index (χ2n) is 6.07. The summed E-state index contributed by atoms with van der Waals surface area (Å²) in [5.74, 6) is 0. The van der Waals surface area contributed by atoms with Crippen LogP contribution in [0.25, 0.3) is 0 Å². The summed E-state index contributed by atoms with van der Waals surface area (Å²) in [5.41, 5.74) is 2.85. The molecule has 2 aromatic carbocycles. The fourth-order valence-electron chi connectivity index (χ4n) is 3.52. The van der Waals surface area contributed by atoms with Crippen LogP contribution >= 0.6 is 15.8 Å². The lowest BCUT2D eigenvalue weighted by Gasteiger charge is -2.31. The lowest BCUT2D eigenvalue weighted by atomic mass is 10.2. The molecular weight excluding hydrogens is 340 g/mol. The molecular formula is C22H33NP2. The molecule has 0 aliphatic carbocycles. The molecule has 0 bridgehead atoms. The Morgan fingerprint density at radius 1 is 0.600 bits per heavy atom. The van der Waals surface area contributed by atoms with Crippen molar-refractivity contribution in [2.45, 2.75) is 34.6 Å². The van der Waals surface area contributed by atoms with Gasteiger partial charge in [-0.05, 0) is 54.3 Å². The first-order chi connectivity index (χ1) is 12.2. The van der Waals surface area contributed by atoms with Crippen LogP contribution in [0.2, 0.25) is 0 Å². The Balaban J connectivity index is 2.56. The fraction of sp³-hybridized carbons (Fsp3) is 0.455. The van der Waals surface area contributed by atoms with E-state index in [4.69, 9.17) is 0 Å². The van der Waals surface area contributed by atoms with Gasteiger partial charge < -0.3 is 4.90 Å². The van der Waals surface area contributed by atoms with Crippen molar-refractivity contribution in [2.24, 2.45) is 0 Å². The van der Waals surface area contributed by atoms with E-state index in [1.807, 2.05) is 0 Å². The second kappa shape index (κ2) is 10.3. The van der Waals surface area contributed by atoms with Crippen molar-refractivity contribution in [1.82, 2.24) is 0 Å². The number of benzene rings is 2. The van der Waals surface area contributed by atoms with Crippen LogP contribution < -0.4 is 15.5 Å². The van der Waals surface area contributed by atoms with E-state index in [0.717, 1.165) is 6.54 Å². The van der Waals surface area contributed by atoms with Gasteiger partial charge in [0.1, 0.15) is 0 Å². The average molecular weight is 373 g/mol. The summed E-state index contributed by atoms with van der Waals surface area (Å²) in [6.45, 7) is 12.6. The standard InChI is InChI=1S/C22H33NP2/c1-6-23(19-15-11-13-17-21(19)24(7-2)8-3)20-16-12-14-18-22(20)25(9-4)10-5/h11-18H,6-10H2,1-5H3. The van der Waals surface area contributed by atoms with E-state index in [9.17, 15) is 0 Å². The maximum atomic E-state index is 2.56. The van der Waals surface area contributed by atoms with Crippen LogP contribution in [0.3, 0.4) is 0 Å². The molecule has 0 amide bonds. The fourth-order valence-corrected chi connectivity index (χ4v) is 7.41. The van der Waals surface area contributed by atoms with E-state index in [0.29, 0.717) is 0 Å². The first kappa shape index (κ1) is 20.4. The summed E-state index contributed by atoms with van der Waals surface area (Å²) in [4.78, 5) is 2.56. The van der Waals surface area contributed by atoms with Crippen LogP contribution in [0.4, 0.5) is 11.4 Å². The van der Waals surface area contributed by atoms with Crippen molar-refractivity contribution in [2.75, 3.05) is 36.1 Å². The summed E-state index contributed by atoms with van der Waals surface area (Å²) < 4.78 is 0. The van der Waals surface area contributed by atoms with Gasteiger partial charge in [-0.15, -0.1) is 0 Å². The van der Waals surface area contributed by atoms with Gasteiger partial charge in [0.2, 0.25) is 0 Å². The highest BCUT2D eigenvalue weighted by atomic mass is 31.1. The van der Waals surface area contributed by atoms with E-state index in [-0.39, 0.29) is 15.8 Å². The second-order valence-corrected chi connectivity index (χ2v) is 11.7. The average Bonchev–Trinajstić information content (AvgIpc) is 2.66. The minimum Gasteiger partial charge on any atom is -0.341 e. The van der Waals surface area contributed by atoms with Crippen LogP contribution in [0.15, 0.2) is 48.5 Å². The Kier molecular flexibility index (Phi) is 8.41. The van der Waals surface area contributed by atoms with Gasteiger partial charge in [0.15, 0.2) is 0 Å². The summed E-state index contributed by atoms with van der Waals surface area (Å²) in [5, 5.41) is 3.13. The highest BCUT2D eigenvalue weighted by Crippen LogP contribution is 2.41. The first-order valence-corrected chi connectivity index (χ1v) is 13.1. The predicted molar refractivity (Wildman–Crippen MR) is 121 cm³/mol. The van der Waals surface area contributed by atoms with E-state index in [1.54, 1.807) is 10.6 Å². The number of nitrogens with zero attached hydrogens (tertiary/aromatic N) is 1. The zero-order chi connectivity index (χ0) is 18.2. The number of rotatable bonds is 9. The quantitative estimate of drug-likeness (QED) is 0.477. The molecule has 136 valence electrons. The third-order valence-corrected chi connectivity index (χ3v) is 10.0. The van der Waals surface area contributed by atoms with Crippen LogP contribution in [-0.2, 0) is 0 Å². The molecule has 0 radical (unpaired) electrons. The number of para-hydroxylation sites is 2. The Morgan fingerprint density at radius 3 is 1.28 bits per heavy atom. The Hall–Kier alpha value is -0.900. The Labute approximate surface area is 157 Å². The van der Waals surface area contributed by atoms with Gasteiger partial charge in [0.05, 0.1) is 0 Å². The van der Waals surface area contributed by atoms with Crippen molar-refractivity contribution in [1.29, 1.82) is 0 Å². The summed E-state index contributed by atoms with van der Waals surface area (Å²) in [6, 6.07) is 18.2. The normalized spacial score (nSPS) is 11.3. The molecule has 25 heavy (non-hydrogen) atoms. The zero-order valence-electron chi connectivity index (χ0n) is 16.5. The van der Waals surface area contributed by atoms with Crippen molar-refractivity contribution >= 4 is 37.8 Å². The van der Waals surface area contributed by atoms with Crippen molar-refractivity contribution in [3.63, 3.8) is 0 Å². The van der Waals surface area contributed by atoms with E-state index >= 15 is 0 Å². The van der Waals surface area contributed by atoms with Crippen molar-refractivity contribution < 1.29 is 0 Å². The topological polar surface area (TPSA) is 3.24 Å². The lowest BCUT2D eigenvalue weighted by Crippen LogP contribution is -2.27. The Bertz CT molecular complexity index is 592. The maximum Gasteiger partial charge on any atom is 0.0488 e. The zero-order valence-corrected chi connectivity index (χ0v) is 18.3. The van der Waals surface area contributed by atoms with Gasteiger partial charge in [-0.2, -0.15) is 0 Å². The van der Waals surface area contributed by atoms with E-state index in [2.05, 4.69) is 88.0 Å². The largest absolute Gasteiger partial charge is 0.341 e. The molecule has 0 fully saturated rings. The van der Waals surface area contributed by atoms with Crippen LogP contribution in [-0.4, -0.2) is 31.2 Å². The summed E-state index contributed by atoms with van der Waals surface area (Å²) >= 11 is 0. The molecule has 0 N–H and O–H groups in total. The highest BCUT2D eigenvalue weighted by molar-refractivity contribution is 7.66. The summed E-state index contributed by atoms with van der Waals surface area (Å²) in [6.07, 6.45) is 5.05. The number of anilines is 2. The SMILES string of the molecule is CCN(c1ccccc1P(CC)CC)c1ccccc1P(CC)CC. The molecule has 0 aliphatic rings. The Morgan fingerprint density at radius 2 is 0.960 bits per heavy atom. The van der Waals surface area contributed by atoms with Gasteiger partial charge in [-0.25, -0.2) is 0 Å². The predicted octanol–water partition coefficient (Wildman–Crippen LogP) is 6.14. The third-order valence-electron chi connectivity index (χ3n) is 4.87. The molecule has 0 saturated heterocycles. The molecule has 0 saturated carbocycles. The maximum absolute atomic E-state index is 2.56. The molecule has 0 aromatic heterocycles. The van der Waals surface area contributed by atoms with Crippen molar-refractivity contribution in [3.8, 4) is 0 Å². The minimum atomic E-state index is -0.0692. The van der Waals surface area contributed by atoms with E-state index < -0.39 is 0 Å². The van der Waals surface area contributed by atoms with Crippen LogP contribution in [0.1, 0.15) is 34.6 Å². The minimum absolute atomic E-state index is 0.0692. The first-order valence-electron chi connectivity index (χ1n) is 9.67. The van der Waals surface area contributed by atoms with Crippen molar-refractivity contribution in [3.05, 3.63) is 48.5 Å². The van der Waals surface area contributed by atoms with Gasteiger partial charge >= 0.3 is 0 Å². The molecule has 3 heteroatoms. The van der Waals surface area contributed by atoms with Gasteiger partial charge in [-0.3, -0.25) is 0 Å². The van der Waals surface area contributed by atoms with Gasteiger partial charge in [-0.1, -0.05) is 79.9 Å². The van der Waals surface area contributed by atoms with E-state index in [1.165, 1.54) is 36.0 Å². The lowest BCUT2D eigenvalue weighted by molar-refractivity contribution is 1.03. The molecule has 2 aromatic rings. The molecule has 0 atom stereocenters.